The Morgan fingerprint density at radius 3 is 2.75 bits per heavy atom. The molecule has 20 heavy (non-hydrogen) atoms. The predicted octanol–water partition coefficient (Wildman–Crippen LogP) is 2.23. The molecule has 0 aliphatic rings. The van der Waals surface area contributed by atoms with Gasteiger partial charge in [0, 0.05) is 19.0 Å². The Morgan fingerprint density at radius 2 is 2.15 bits per heavy atom. The third-order valence-corrected chi connectivity index (χ3v) is 3.49. The molecule has 1 amide bonds. The lowest BCUT2D eigenvalue weighted by Crippen LogP contribution is -2.32. The van der Waals surface area contributed by atoms with Crippen molar-refractivity contribution in [3.8, 4) is 5.75 Å². The van der Waals surface area contributed by atoms with E-state index >= 15 is 0 Å². The molecular formula is C13H24N4O2S. The van der Waals surface area contributed by atoms with E-state index in [9.17, 15) is 4.79 Å². The van der Waals surface area contributed by atoms with Gasteiger partial charge in [0.15, 0.2) is 16.6 Å². The van der Waals surface area contributed by atoms with E-state index in [0.717, 1.165) is 11.4 Å². The highest BCUT2D eigenvalue weighted by Crippen LogP contribution is 2.35. The Morgan fingerprint density at radius 1 is 1.45 bits per heavy atom. The Labute approximate surface area is 124 Å². The number of nitrogens with zero attached hydrogens (tertiary/aromatic N) is 1. The minimum absolute atomic E-state index is 0.0305. The van der Waals surface area contributed by atoms with Crippen LogP contribution in [0.4, 0.5) is 10.8 Å². The van der Waals surface area contributed by atoms with Crippen LogP contribution in [0.5, 0.6) is 5.75 Å². The summed E-state index contributed by atoms with van der Waals surface area (Å²) in [4.78, 5) is 11.7. The number of ether oxygens (including phenoxy) is 1. The van der Waals surface area contributed by atoms with Gasteiger partial charge in [0.25, 0.3) is 0 Å². The summed E-state index contributed by atoms with van der Waals surface area (Å²) in [5.74, 6) is 0.998. The van der Waals surface area contributed by atoms with Crippen LogP contribution < -0.4 is 21.1 Å². The van der Waals surface area contributed by atoms with Gasteiger partial charge in [-0.25, -0.2) is 0 Å². The van der Waals surface area contributed by atoms with Gasteiger partial charge in [-0.1, -0.05) is 6.92 Å². The Kier molecular flexibility index (Phi) is 6.57. The molecule has 0 bridgehead atoms. The molecule has 1 rings (SSSR count). The number of aromatic nitrogens is 1. The molecule has 1 aromatic heterocycles. The fraction of sp³-hybridized carbons (Fsp3) is 0.692. The van der Waals surface area contributed by atoms with Gasteiger partial charge in [-0.15, -0.1) is 0 Å². The molecule has 1 atom stereocenters. The zero-order chi connectivity index (χ0) is 15.1. The Hall–Kier alpha value is -1.50. The first-order chi connectivity index (χ1) is 9.43. The number of rotatable bonds is 8. The number of anilines is 2. The summed E-state index contributed by atoms with van der Waals surface area (Å²) in [6.07, 6.45) is 1.36. The minimum atomic E-state index is 0.0305. The SMILES string of the molecule is CCC(C)NC(=O)CCNc1snc(N)c1OC(C)C. The van der Waals surface area contributed by atoms with E-state index in [4.69, 9.17) is 10.5 Å². The molecule has 0 fully saturated rings. The van der Waals surface area contributed by atoms with Crippen LogP contribution in [-0.2, 0) is 4.79 Å². The second-order valence-corrected chi connectivity index (χ2v) is 5.72. The average Bonchev–Trinajstić information content (AvgIpc) is 2.70. The number of nitrogen functional groups attached to an aromatic ring is 1. The summed E-state index contributed by atoms with van der Waals surface area (Å²) in [7, 11) is 0. The molecular weight excluding hydrogens is 276 g/mol. The van der Waals surface area contributed by atoms with Crippen LogP contribution in [-0.4, -0.2) is 29.0 Å². The summed E-state index contributed by atoms with van der Waals surface area (Å²) in [5, 5.41) is 6.84. The standard InChI is InChI=1S/C13H24N4O2S/c1-5-9(4)16-10(18)6-7-15-13-11(19-8(2)3)12(14)17-20-13/h8-9,15H,5-7H2,1-4H3,(H2,14,17)(H,16,18). The van der Waals surface area contributed by atoms with Gasteiger partial charge >= 0.3 is 0 Å². The fourth-order valence-electron chi connectivity index (χ4n) is 1.49. The quantitative estimate of drug-likeness (QED) is 0.685. The Balaban J connectivity index is 2.44. The summed E-state index contributed by atoms with van der Waals surface area (Å²) in [6, 6.07) is 0.210. The lowest BCUT2D eigenvalue weighted by atomic mass is 10.2. The molecule has 1 unspecified atom stereocenters. The highest BCUT2D eigenvalue weighted by atomic mass is 32.1. The molecule has 7 heteroatoms. The van der Waals surface area contributed by atoms with E-state index in [-0.39, 0.29) is 18.1 Å². The van der Waals surface area contributed by atoms with Crippen molar-refractivity contribution in [2.45, 2.75) is 52.7 Å². The van der Waals surface area contributed by atoms with Gasteiger partial charge in [0.1, 0.15) is 0 Å². The monoisotopic (exact) mass is 300 g/mol. The van der Waals surface area contributed by atoms with Gasteiger partial charge in [0.2, 0.25) is 5.91 Å². The second-order valence-electron chi connectivity index (χ2n) is 4.95. The smallest absolute Gasteiger partial charge is 0.221 e. The van der Waals surface area contributed by atoms with Gasteiger partial charge in [-0.3, -0.25) is 4.79 Å². The maximum Gasteiger partial charge on any atom is 0.221 e. The van der Waals surface area contributed by atoms with Crippen LogP contribution in [0.3, 0.4) is 0 Å². The molecule has 0 saturated carbocycles. The van der Waals surface area contributed by atoms with Crippen LogP contribution in [0.25, 0.3) is 0 Å². The van der Waals surface area contributed by atoms with E-state index in [2.05, 4.69) is 15.0 Å². The molecule has 0 spiro atoms. The van der Waals surface area contributed by atoms with E-state index in [1.807, 2.05) is 27.7 Å². The third-order valence-electron chi connectivity index (χ3n) is 2.69. The number of nitrogens with two attached hydrogens (primary N) is 1. The zero-order valence-corrected chi connectivity index (χ0v) is 13.3. The number of carbonyl (C=O) groups excluding carboxylic acids is 1. The first-order valence-corrected chi connectivity index (χ1v) is 7.66. The summed E-state index contributed by atoms with van der Waals surface area (Å²) >= 11 is 1.25. The second kappa shape index (κ2) is 7.94. The third kappa shape index (κ3) is 5.24. The largest absolute Gasteiger partial charge is 0.484 e. The van der Waals surface area contributed by atoms with E-state index in [0.29, 0.717) is 24.5 Å². The van der Waals surface area contributed by atoms with Crippen molar-refractivity contribution >= 4 is 28.3 Å². The number of carbonyl (C=O) groups is 1. The molecule has 4 N–H and O–H groups in total. The summed E-state index contributed by atoms with van der Waals surface area (Å²) < 4.78 is 9.68. The fourth-order valence-corrected chi connectivity index (χ4v) is 2.17. The van der Waals surface area contributed by atoms with Crippen molar-refractivity contribution in [2.24, 2.45) is 0 Å². The molecule has 0 aliphatic heterocycles. The molecule has 114 valence electrons. The summed E-state index contributed by atoms with van der Waals surface area (Å²) in [5.41, 5.74) is 5.76. The Bertz CT molecular complexity index is 434. The molecule has 0 radical (unpaired) electrons. The molecule has 6 nitrogen and oxygen atoms in total. The predicted molar refractivity (Wildman–Crippen MR) is 83.3 cm³/mol. The van der Waals surface area contributed by atoms with Crippen LogP contribution in [0, 0.1) is 0 Å². The molecule has 1 heterocycles. The first kappa shape index (κ1) is 16.6. The van der Waals surface area contributed by atoms with Gasteiger partial charge < -0.3 is 21.1 Å². The van der Waals surface area contributed by atoms with Crippen LogP contribution in [0.2, 0.25) is 0 Å². The molecule has 0 saturated heterocycles. The maximum atomic E-state index is 11.7. The molecule has 0 aliphatic carbocycles. The maximum absolute atomic E-state index is 11.7. The lowest BCUT2D eigenvalue weighted by Gasteiger charge is -2.13. The topological polar surface area (TPSA) is 89.3 Å². The minimum Gasteiger partial charge on any atom is -0.484 e. The number of nitrogens with one attached hydrogen (secondary N) is 2. The first-order valence-electron chi connectivity index (χ1n) is 6.89. The highest BCUT2D eigenvalue weighted by Gasteiger charge is 2.14. The number of hydrogen-bond donors (Lipinski definition) is 3. The van der Waals surface area contributed by atoms with E-state index in [1.165, 1.54) is 11.5 Å². The zero-order valence-electron chi connectivity index (χ0n) is 12.5. The average molecular weight is 300 g/mol. The van der Waals surface area contributed by atoms with Crippen molar-refractivity contribution in [3.05, 3.63) is 0 Å². The normalized spacial score (nSPS) is 12.2. The van der Waals surface area contributed by atoms with Gasteiger partial charge in [-0.2, -0.15) is 4.37 Å². The van der Waals surface area contributed by atoms with Crippen molar-refractivity contribution in [1.82, 2.24) is 9.69 Å². The number of amides is 1. The van der Waals surface area contributed by atoms with Gasteiger partial charge in [-0.05, 0) is 38.7 Å². The summed E-state index contributed by atoms with van der Waals surface area (Å²) in [6.45, 7) is 8.42. The van der Waals surface area contributed by atoms with E-state index in [1.54, 1.807) is 0 Å². The van der Waals surface area contributed by atoms with Crippen LogP contribution >= 0.6 is 11.5 Å². The number of hydrogen-bond acceptors (Lipinski definition) is 6. The lowest BCUT2D eigenvalue weighted by molar-refractivity contribution is -0.121. The van der Waals surface area contributed by atoms with Crippen molar-refractivity contribution in [3.63, 3.8) is 0 Å². The van der Waals surface area contributed by atoms with Crippen molar-refractivity contribution < 1.29 is 9.53 Å². The van der Waals surface area contributed by atoms with E-state index < -0.39 is 0 Å². The van der Waals surface area contributed by atoms with Crippen molar-refractivity contribution in [1.29, 1.82) is 0 Å². The van der Waals surface area contributed by atoms with Crippen LogP contribution in [0.1, 0.15) is 40.5 Å². The van der Waals surface area contributed by atoms with Crippen molar-refractivity contribution in [2.75, 3.05) is 17.6 Å². The molecule has 1 aromatic rings. The van der Waals surface area contributed by atoms with Crippen LogP contribution in [0.15, 0.2) is 0 Å². The highest BCUT2D eigenvalue weighted by molar-refractivity contribution is 7.11. The van der Waals surface area contributed by atoms with Gasteiger partial charge in [0.05, 0.1) is 6.10 Å². The molecule has 0 aromatic carbocycles.